The van der Waals surface area contributed by atoms with Gasteiger partial charge < -0.3 is 5.32 Å². The van der Waals surface area contributed by atoms with Gasteiger partial charge in [-0.25, -0.2) is 0 Å². The second-order valence-corrected chi connectivity index (χ2v) is 6.08. The average Bonchev–Trinajstić information content (AvgIpc) is 2.93. The van der Waals surface area contributed by atoms with Crippen LogP contribution in [0.25, 0.3) is 0 Å². The van der Waals surface area contributed by atoms with Gasteiger partial charge in [0.1, 0.15) is 0 Å². The predicted octanol–water partition coefficient (Wildman–Crippen LogP) is 4.42. The van der Waals surface area contributed by atoms with Gasteiger partial charge in [0.15, 0.2) is 0 Å². The average molecular weight is 301 g/mol. The van der Waals surface area contributed by atoms with Crippen LogP contribution in [0.5, 0.6) is 0 Å². The van der Waals surface area contributed by atoms with Crippen LogP contribution in [0.1, 0.15) is 18.4 Å². The van der Waals surface area contributed by atoms with Gasteiger partial charge in [-0.3, -0.25) is 4.90 Å². The normalized spacial score (nSPS) is 18.8. The number of hydrogen-bond donors (Lipinski definition) is 1. The first-order chi connectivity index (χ1) is 10.3. The van der Waals surface area contributed by atoms with Gasteiger partial charge in [0.2, 0.25) is 0 Å². The van der Waals surface area contributed by atoms with Gasteiger partial charge in [-0.2, -0.15) is 0 Å². The van der Waals surface area contributed by atoms with Crippen molar-refractivity contribution in [1.82, 2.24) is 4.90 Å². The molecule has 110 valence electrons. The molecule has 1 aliphatic heterocycles. The maximum atomic E-state index is 6.03. The number of anilines is 1. The van der Waals surface area contributed by atoms with Crippen molar-refractivity contribution in [2.75, 3.05) is 18.4 Å². The van der Waals surface area contributed by atoms with Crippen LogP contribution < -0.4 is 5.32 Å². The van der Waals surface area contributed by atoms with Crippen molar-refractivity contribution >= 4 is 17.3 Å². The zero-order valence-electron chi connectivity index (χ0n) is 12.1. The smallest absolute Gasteiger partial charge is 0.0426 e. The van der Waals surface area contributed by atoms with Crippen molar-refractivity contribution in [2.24, 2.45) is 0 Å². The van der Waals surface area contributed by atoms with Gasteiger partial charge in [-0.1, -0.05) is 48.0 Å². The van der Waals surface area contributed by atoms with E-state index in [1.165, 1.54) is 24.9 Å². The Morgan fingerprint density at radius 2 is 1.95 bits per heavy atom. The van der Waals surface area contributed by atoms with Crippen molar-refractivity contribution in [3.05, 3.63) is 65.2 Å². The lowest BCUT2D eigenvalue weighted by molar-refractivity contribution is 0.254. The first kappa shape index (κ1) is 14.4. The molecule has 0 radical (unpaired) electrons. The lowest BCUT2D eigenvalue weighted by atomic mass is 10.1. The van der Waals surface area contributed by atoms with E-state index in [9.17, 15) is 0 Å². The number of rotatable bonds is 5. The minimum atomic E-state index is 0.601. The predicted molar refractivity (Wildman–Crippen MR) is 89.8 cm³/mol. The molecule has 2 nitrogen and oxygen atoms in total. The summed E-state index contributed by atoms with van der Waals surface area (Å²) >= 11 is 6.03. The van der Waals surface area contributed by atoms with Crippen LogP contribution in [0, 0.1) is 0 Å². The van der Waals surface area contributed by atoms with Gasteiger partial charge in [-0.05, 0) is 43.1 Å². The van der Waals surface area contributed by atoms with Crippen LogP contribution in [-0.4, -0.2) is 24.0 Å². The molecule has 21 heavy (non-hydrogen) atoms. The molecule has 3 rings (SSSR count). The summed E-state index contributed by atoms with van der Waals surface area (Å²) in [5.74, 6) is 0. The van der Waals surface area contributed by atoms with Crippen molar-refractivity contribution in [1.29, 1.82) is 0 Å². The van der Waals surface area contributed by atoms with E-state index < -0.39 is 0 Å². The highest BCUT2D eigenvalue weighted by Crippen LogP contribution is 2.21. The molecular formula is C18H21ClN2. The SMILES string of the molecule is Clc1cccc(NCC2CCCN2Cc2ccccc2)c1. The van der Waals surface area contributed by atoms with E-state index in [0.29, 0.717) is 6.04 Å². The largest absolute Gasteiger partial charge is 0.383 e. The number of nitrogens with one attached hydrogen (secondary N) is 1. The third kappa shape index (κ3) is 3.99. The standard InChI is InChI=1S/C18H21ClN2/c19-16-8-4-9-17(12-16)20-13-18-10-5-11-21(18)14-15-6-2-1-3-7-15/h1-4,6-9,12,18,20H,5,10-11,13-14H2. The van der Waals surface area contributed by atoms with Crippen LogP contribution >= 0.6 is 11.6 Å². The topological polar surface area (TPSA) is 15.3 Å². The van der Waals surface area contributed by atoms with Gasteiger partial charge in [0.05, 0.1) is 0 Å². The summed E-state index contributed by atoms with van der Waals surface area (Å²) in [6.07, 6.45) is 2.55. The van der Waals surface area contributed by atoms with Gasteiger partial charge in [-0.15, -0.1) is 0 Å². The molecule has 1 saturated heterocycles. The van der Waals surface area contributed by atoms with E-state index in [4.69, 9.17) is 11.6 Å². The summed E-state index contributed by atoms with van der Waals surface area (Å²) in [6.45, 7) is 3.21. The summed E-state index contributed by atoms with van der Waals surface area (Å²) in [5.41, 5.74) is 2.50. The minimum Gasteiger partial charge on any atom is -0.383 e. The van der Waals surface area contributed by atoms with E-state index in [1.54, 1.807) is 0 Å². The van der Waals surface area contributed by atoms with Crippen LogP contribution in [0.2, 0.25) is 5.02 Å². The molecule has 0 saturated carbocycles. The van der Waals surface area contributed by atoms with Crippen LogP contribution in [-0.2, 0) is 6.54 Å². The number of nitrogens with zero attached hydrogens (tertiary/aromatic N) is 1. The zero-order valence-corrected chi connectivity index (χ0v) is 12.9. The zero-order chi connectivity index (χ0) is 14.5. The second-order valence-electron chi connectivity index (χ2n) is 5.64. The molecule has 1 N–H and O–H groups in total. The van der Waals surface area contributed by atoms with Gasteiger partial charge in [0, 0.05) is 29.8 Å². The molecule has 3 heteroatoms. The highest BCUT2D eigenvalue weighted by atomic mass is 35.5. The molecular weight excluding hydrogens is 280 g/mol. The lowest BCUT2D eigenvalue weighted by Gasteiger charge is -2.25. The Bertz CT molecular complexity index is 570. The Kier molecular flexibility index (Phi) is 4.79. The highest BCUT2D eigenvalue weighted by molar-refractivity contribution is 6.30. The first-order valence-corrected chi connectivity index (χ1v) is 7.96. The molecule has 0 spiro atoms. The fourth-order valence-corrected chi connectivity index (χ4v) is 3.18. The van der Waals surface area contributed by atoms with Crippen molar-refractivity contribution in [3.63, 3.8) is 0 Å². The maximum Gasteiger partial charge on any atom is 0.0426 e. The molecule has 0 aromatic heterocycles. The van der Waals surface area contributed by atoms with Crippen molar-refractivity contribution in [2.45, 2.75) is 25.4 Å². The van der Waals surface area contributed by atoms with Gasteiger partial charge >= 0.3 is 0 Å². The van der Waals surface area contributed by atoms with E-state index in [-0.39, 0.29) is 0 Å². The van der Waals surface area contributed by atoms with Crippen molar-refractivity contribution < 1.29 is 0 Å². The summed E-state index contributed by atoms with van der Waals surface area (Å²) in [5, 5.41) is 4.30. The Labute approximate surface area is 131 Å². The first-order valence-electron chi connectivity index (χ1n) is 7.59. The summed E-state index contributed by atoms with van der Waals surface area (Å²) in [7, 11) is 0. The molecule has 1 atom stereocenters. The molecule has 1 unspecified atom stereocenters. The Hall–Kier alpha value is -1.51. The lowest BCUT2D eigenvalue weighted by Crippen LogP contribution is -2.34. The molecule has 0 amide bonds. The maximum absolute atomic E-state index is 6.03. The third-order valence-electron chi connectivity index (χ3n) is 4.09. The van der Waals surface area contributed by atoms with Crippen LogP contribution in [0.4, 0.5) is 5.69 Å². The second kappa shape index (κ2) is 6.97. The molecule has 0 aliphatic carbocycles. The molecule has 0 bridgehead atoms. The van der Waals surface area contributed by atoms with Gasteiger partial charge in [0.25, 0.3) is 0 Å². The summed E-state index contributed by atoms with van der Waals surface area (Å²) < 4.78 is 0. The number of halogens is 1. The monoisotopic (exact) mass is 300 g/mol. The molecule has 2 aromatic carbocycles. The molecule has 1 heterocycles. The summed E-state index contributed by atoms with van der Waals surface area (Å²) in [6, 6.07) is 19.3. The van der Waals surface area contributed by atoms with E-state index in [1.807, 2.05) is 18.2 Å². The third-order valence-corrected chi connectivity index (χ3v) is 4.33. The number of benzene rings is 2. The molecule has 1 fully saturated rings. The number of hydrogen-bond acceptors (Lipinski definition) is 2. The van der Waals surface area contributed by atoms with Crippen molar-refractivity contribution in [3.8, 4) is 0 Å². The van der Waals surface area contributed by atoms with E-state index in [0.717, 1.165) is 23.8 Å². The van der Waals surface area contributed by atoms with Crippen LogP contribution in [0.15, 0.2) is 54.6 Å². The highest BCUT2D eigenvalue weighted by Gasteiger charge is 2.24. The Morgan fingerprint density at radius 3 is 2.76 bits per heavy atom. The fraction of sp³-hybridized carbons (Fsp3) is 0.333. The minimum absolute atomic E-state index is 0.601. The number of likely N-dealkylation sites (tertiary alicyclic amines) is 1. The Balaban J connectivity index is 1.57. The molecule has 2 aromatic rings. The van der Waals surface area contributed by atoms with E-state index >= 15 is 0 Å². The fourth-order valence-electron chi connectivity index (χ4n) is 2.99. The van der Waals surface area contributed by atoms with E-state index in [2.05, 4.69) is 46.6 Å². The molecule has 1 aliphatic rings. The van der Waals surface area contributed by atoms with Crippen LogP contribution in [0.3, 0.4) is 0 Å². The summed E-state index contributed by atoms with van der Waals surface area (Å²) in [4.78, 5) is 2.58. The Morgan fingerprint density at radius 1 is 1.10 bits per heavy atom. The quantitative estimate of drug-likeness (QED) is 0.879.